The van der Waals surface area contributed by atoms with Crippen LogP contribution in [-0.4, -0.2) is 31.1 Å². The van der Waals surface area contributed by atoms with Gasteiger partial charge in [-0.2, -0.15) is 0 Å². The van der Waals surface area contributed by atoms with Crippen molar-refractivity contribution in [2.45, 2.75) is 26.2 Å². The maximum atomic E-state index is 12.1. The summed E-state index contributed by atoms with van der Waals surface area (Å²) in [5.74, 6) is 0.859. The van der Waals surface area contributed by atoms with Crippen molar-refractivity contribution in [3.05, 3.63) is 65.2 Å². The molecule has 1 unspecified atom stereocenters. The Bertz CT molecular complexity index is 807. The lowest BCUT2D eigenvalue weighted by molar-refractivity contribution is 0.1000. The first-order chi connectivity index (χ1) is 12.2. The van der Waals surface area contributed by atoms with Gasteiger partial charge in [-0.25, -0.2) is 0 Å². The van der Waals surface area contributed by atoms with Crippen molar-refractivity contribution in [2.75, 3.05) is 24.5 Å². The van der Waals surface area contributed by atoms with E-state index in [1.54, 1.807) is 0 Å². The number of benzene rings is 2. The van der Waals surface area contributed by atoms with Gasteiger partial charge in [-0.15, -0.1) is 0 Å². The number of hydrogen-bond acceptors (Lipinski definition) is 3. The smallest absolute Gasteiger partial charge is 0.184 e. The summed E-state index contributed by atoms with van der Waals surface area (Å²) in [6, 6.07) is 16.5. The summed E-state index contributed by atoms with van der Waals surface area (Å²) in [5, 5.41) is 0. The Labute approximate surface area is 149 Å². The van der Waals surface area contributed by atoms with Gasteiger partial charge in [0, 0.05) is 35.5 Å². The van der Waals surface area contributed by atoms with Crippen LogP contribution in [0.4, 0.5) is 5.69 Å². The number of Topliss-reactive ketones (excluding diaryl/α,β-unsaturated/α-hetero) is 1. The first-order valence-electron chi connectivity index (χ1n) is 9.25. The molecule has 2 aliphatic heterocycles. The molecule has 1 atom stereocenters. The van der Waals surface area contributed by atoms with Crippen molar-refractivity contribution >= 4 is 17.2 Å². The predicted octanol–water partition coefficient (Wildman–Crippen LogP) is 4.35. The topological polar surface area (TPSA) is 32.7 Å². The van der Waals surface area contributed by atoms with Crippen molar-refractivity contribution in [1.29, 1.82) is 0 Å². The average molecular weight is 332 g/mol. The van der Waals surface area contributed by atoms with Gasteiger partial charge in [0.1, 0.15) is 6.54 Å². The summed E-state index contributed by atoms with van der Waals surface area (Å²) < 4.78 is 0. The van der Waals surface area contributed by atoms with Gasteiger partial charge < -0.3 is 4.90 Å². The number of aliphatic imine (C=N–C) groups is 1. The van der Waals surface area contributed by atoms with Gasteiger partial charge in [-0.3, -0.25) is 9.79 Å². The van der Waals surface area contributed by atoms with E-state index in [-0.39, 0.29) is 12.3 Å². The molecule has 0 radical (unpaired) electrons. The Morgan fingerprint density at radius 2 is 1.76 bits per heavy atom. The fourth-order valence-corrected chi connectivity index (χ4v) is 3.92. The number of nitrogens with zero attached hydrogens (tertiary/aromatic N) is 2. The van der Waals surface area contributed by atoms with Gasteiger partial charge in [-0.1, -0.05) is 49.7 Å². The van der Waals surface area contributed by atoms with E-state index in [2.05, 4.69) is 41.1 Å². The van der Waals surface area contributed by atoms with Crippen molar-refractivity contribution in [3.63, 3.8) is 0 Å². The third kappa shape index (κ3) is 3.23. The molecule has 4 rings (SSSR count). The minimum Gasteiger partial charge on any atom is -0.371 e. The van der Waals surface area contributed by atoms with Gasteiger partial charge >= 0.3 is 0 Å². The first kappa shape index (κ1) is 16.1. The molecule has 0 N–H and O–H groups in total. The van der Waals surface area contributed by atoms with Crippen LogP contribution < -0.4 is 4.90 Å². The molecule has 0 saturated carbocycles. The monoisotopic (exact) mass is 332 g/mol. The summed E-state index contributed by atoms with van der Waals surface area (Å²) in [6.45, 7) is 4.87. The van der Waals surface area contributed by atoms with Gasteiger partial charge in [0.05, 0.1) is 5.71 Å². The Hall–Kier alpha value is -2.42. The van der Waals surface area contributed by atoms with Crippen LogP contribution in [0.15, 0.2) is 53.5 Å². The van der Waals surface area contributed by atoms with Crippen LogP contribution in [-0.2, 0) is 0 Å². The van der Waals surface area contributed by atoms with Crippen molar-refractivity contribution in [3.8, 4) is 0 Å². The molecule has 2 aliphatic rings. The standard InChI is InChI=1S/C22H24N2O/c1-16-6-4-5-13-24(15-16)18-11-9-17(10-12-18)22-20-8-3-2-7-19(20)21(25)14-23-22/h2-3,7-12,16H,4-6,13-15H2,1H3. The molecule has 0 aliphatic carbocycles. The predicted molar refractivity (Wildman–Crippen MR) is 103 cm³/mol. The van der Waals surface area contributed by atoms with Crippen LogP contribution in [0.1, 0.15) is 47.7 Å². The number of ketones is 1. The summed E-state index contributed by atoms with van der Waals surface area (Å²) in [7, 11) is 0. The van der Waals surface area contributed by atoms with Crippen LogP contribution in [0.25, 0.3) is 0 Å². The van der Waals surface area contributed by atoms with Crippen molar-refractivity contribution < 1.29 is 4.79 Å². The Morgan fingerprint density at radius 1 is 1.00 bits per heavy atom. The molecule has 0 aromatic heterocycles. The maximum Gasteiger partial charge on any atom is 0.184 e. The lowest BCUT2D eigenvalue weighted by Gasteiger charge is -2.25. The molecule has 0 bridgehead atoms. The second-order valence-electron chi connectivity index (χ2n) is 7.23. The molecule has 25 heavy (non-hydrogen) atoms. The first-order valence-corrected chi connectivity index (χ1v) is 9.25. The molecule has 128 valence electrons. The highest BCUT2D eigenvalue weighted by molar-refractivity contribution is 6.21. The van der Waals surface area contributed by atoms with E-state index in [4.69, 9.17) is 0 Å². The zero-order chi connectivity index (χ0) is 17.2. The molecule has 3 nitrogen and oxygen atoms in total. The number of carbonyl (C=O) groups excluding carboxylic acids is 1. The normalized spacial score (nSPS) is 20.7. The Morgan fingerprint density at radius 3 is 2.56 bits per heavy atom. The molecular formula is C22H24N2O. The van der Waals surface area contributed by atoms with E-state index < -0.39 is 0 Å². The highest BCUT2D eigenvalue weighted by Gasteiger charge is 2.21. The highest BCUT2D eigenvalue weighted by atomic mass is 16.1. The average Bonchev–Trinajstić information content (AvgIpc) is 2.87. The summed E-state index contributed by atoms with van der Waals surface area (Å²) >= 11 is 0. The van der Waals surface area contributed by atoms with E-state index in [1.165, 1.54) is 24.9 Å². The molecule has 2 heterocycles. The minimum absolute atomic E-state index is 0.106. The van der Waals surface area contributed by atoms with Gasteiger partial charge in [-0.05, 0) is 30.9 Å². The summed E-state index contributed by atoms with van der Waals surface area (Å²) in [4.78, 5) is 19.1. The van der Waals surface area contributed by atoms with E-state index in [9.17, 15) is 4.79 Å². The second kappa shape index (κ2) is 6.83. The molecule has 0 amide bonds. The van der Waals surface area contributed by atoms with E-state index >= 15 is 0 Å². The quantitative estimate of drug-likeness (QED) is 0.819. The Balaban J connectivity index is 1.61. The van der Waals surface area contributed by atoms with Gasteiger partial charge in [0.2, 0.25) is 0 Å². The number of carbonyl (C=O) groups is 1. The van der Waals surface area contributed by atoms with E-state index in [0.717, 1.165) is 41.4 Å². The molecule has 2 aromatic carbocycles. The molecule has 2 aromatic rings. The van der Waals surface area contributed by atoms with Crippen LogP contribution in [0.3, 0.4) is 0 Å². The van der Waals surface area contributed by atoms with E-state index in [0.29, 0.717) is 0 Å². The fraction of sp³-hybridized carbons (Fsp3) is 0.364. The highest BCUT2D eigenvalue weighted by Crippen LogP contribution is 2.25. The third-order valence-corrected chi connectivity index (χ3v) is 5.28. The lowest BCUT2D eigenvalue weighted by Crippen LogP contribution is -2.27. The summed E-state index contributed by atoms with van der Waals surface area (Å²) in [6.07, 6.45) is 3.93. The lowest BCUT2D eigenvalue weighted by atomic mass is 9.92. The second-order valence-corrected chi connectivity index (χ2v) is 7.23. The zero-order valence-corrected chi connectivity index (χ0v) is 14.7. The van der Waals surface area contributed by atoms with Crippen LogP contribution in [0.2, 0.25) is 0 Å². The van der Waals surface area contributed by atoms with E-state index in [1.807, 2.05) is 24.3 Å². The Kier molecular flexibility index (Phi) is 4.39. The summed E-state index contributed by atoms with van der Waals surface area (Å²) in [5.41, 5.74) is 5.06. The SMILES string of the molecule is CC1CCCCN(c2ccc(C3=NCC(=O)c4ccccc43)cc2)C1. The molecule has 0 spiro atoms. The van der Waals surface area contributed by atoms with Crippen molar-refractivity contribution in [2.24, 2.45) is 10.9 Å². The number of anilines is 1. The van der Waals surface area contributed by atoms with Gasteiger partial charge in [0.15, 0.2) is 5.78 Å². The van der Waals surface area contributed by atoms with Crippen LogP contribution >= 0.6 is 0 Å². The minimum atomic E-state index is 0.106. The molecule has 1 saturated heterocycles. The van der Waals surface area contributed by atoms with Crippen LogP contribution in [0.5, 0.6) is 0 Å². The molecule has 1 fully saturated rings. The van der Waals surface area contributed by atoms with Crippen molar-refractivity contribution in [1.82, 2.24) is 0 Å². The zero-order valence-electron chi connectivity index (χ0n) is 14.7. The van der Waals surface area contributed by atoms with Gasteiger partial charge in [0.25, 0.3) is 0 Å². The molecular weight excluding hydrogens is 308 g/mol. The molecule has 3 heteroatoms. The number of rotatable bonds is 2. The van der Waals surface area contributed by atoms with Crippen LogP contribution in [0, 0.1) is 5.92 Å². The fourth-order valence-electron chi connectivity index (χ4n) is 3.92. The third-order valence-electron chi connectivity index (χ3n) is 5.28. The largest absolute Gasteiger partial charge is 0.371 e. The number of hydrogen-bond donors (Lipinski definition) is 0. The number of fused-ring (bicyclic) bond motifs is 1. The maximum absolute atomic E-state index is 12.1.